The quantitative estimate of drug-likeness (QED) is 0.352. The summed E-state index contributed by atoms with van der Waals surface area (Å²) in [5.41, 5.74) is 0. The van der Waals surface area contributed by atoms with Crippen molar-refractivity contribution in [3.63, 3.8) is 0 Å². The van der Waals surface area contributed by atoms with Crippen LogP contribution in [0.2, 0.25) is 0 Å². The summed E-state index contributed by atoms with van der Waals surface area (Å²) < 4.78 is 0.125. The molecule has 3 heteroatoms. The first-order valence-electron chi connectivity index (χ1n) is 1.34. The van der Waals surface area contributed by atoms with Crippen molar-refractivity contribution in [3.8, 4) is 0 Å². The Morgan fingerprint density at radius 3 is 1.80 bits per heavy atom. The summed E-state index contributed by atoms with van der Waals surface area (Å²) in [5.74, 6) is 0. The second kappa shape index (κ2) is 0.950. The van der Waals surface area contributed by atoms with E-state index in [4.69, 9.17) is 0 Å². The summed E-state index contributed by atoms with van der Waals surface area (Å²) in [5, 5.41) is 3.01. The molecular formula is C2H3Br2N. The number of hydrogen-bond acceptors (Lipinski definition) is 1. The van der Waals surface area contributed by atoms with Crippen LogP contribution in [0.3, 0.4) is 0 Å². The van der Waals surface area contributed by atoms with Crippen molar-refractivity contribution in [1.29, 1.82) is 0 Å². The van der Waals surface area contributed by atoms with E-state index < -0.39 is 0 Å². The molecule has 0 aromatic carbocycles. The highest BCUT2D eigenvalue weighted by Gasteiger charge is 2.35. The van der Waals surface area contributed by atoms with Gasteiger partial charge in [0.25, 0.3) is 0 Å². The highest BCUT2D eigenvalue weighted by Crippen LogP contribution is 2.31. The topological polar surface area (TPSA) is 21.9 Å². The Balaban J connectivity index is 2.38. The van der Waals surface area contributed by atoms with Crippen LogP contribution in [-0.4, -0.2) is 9.90 Å². The van der Waals surface area contributed by atoms with Crippen molar-refractivity contribution in [3.05, 3.63) is 0 Å². The van der Waals surface area contributed by atoms with E-state index in [2.05, 4.69) is 37.2 Å². The van der Waals surface area contributed by atoms with E-state index in [9.17, 15) is 0 Å². The molecule has 1 saturated heterocycles. The van der Waals surface area contributed by atoms with Crippen LogP contribution in [0.5, 0.6) is 0 Å². The highest BCUT2D eigenvalue weighted by molar-refractivity contribution is 9.25. The summed E-state index contributed by atoms with van der Waals surface area (Å²) >= 11 is 6.58. The van der Waals surface area contributed by atoms with Crippen LogP contribution >= 0.6 is 31.9 Å². The molecule has 1 fully saturated rings. The fourth-order valence-electron chi connectivity index (χ4n) is 0.0668. The van der Waals surface area contributed by atoms with E-state index in [1.54, 1.807) is 0 Å². The van der Waals surface area contributed by atoms with Gasteiger partial charge in [-0.05, 0) is 0 Å². The van der Waals surface area contributed by atoms with Crippen molar-refractivity contribution < 1.29 is 0 Å². The number of halogens is 2. The third kappa shape index (κ3) is 1.20. The molecule has 0 radical (unpaired) electrons. The van der Waals surface area contributed by atoms with Gasteiger partial charge in [-0.15, -0.1) is 0 Å². The largest absolute Gasteiger partial charge is 0.289 e. The molecule has 0 spiro atoms. The monoisotopic (exact) mass is 199 g/mol. The lowest BCUT2D eigenvalue weighted by Gasteiger charge is -1.78. The van der Waals surface area contributed by atoms with Crippen LogP contribution in [0.4, 0.5) is 0 Å². The standard InChI is InChI=1S/C2H3Br2N/c3-2(4)1-5-2/h5H,1H2. The summed E-state index contributed by atoms with van der Waals surface area (Å²) in [4.78, 5) is 0. The van der Waals surface area contributed by atoms with Gasteiger partial charge in [0.05, 0.1) is 0 Å². The van der Waals surface area contributed by atoms with E-state index in [1.807, 2.05) is 0 Å². The Morgan fingerprint density at radius 2 is 1.80 bits per heavy atom. The average molecular weight is 201 g/mol. The first-order valence-corrected chi connectivity index (χ1v) is 2.92. The van der Waals surface area contributed by atoms with Gasteiger partial charge in [0.15, 0.2) is 0 Å². The molecule has 5 heavy (non-hydrogen) atoms. The molecule has 1 aliphatic rings. The second-order valence-electron chi connectivity index (χ2n) is 1.06. The molecule has 0 amide bonds. The van der Waals surface area contributed by atoms with Crippen molar-refractivity contribution in [1.82, 2.24) is 5.32 Å². The minimum absolute atomic E-state index is 0.125. The number of nitrogens with one attached hydrogen (secondary N) is 1. The molecule has 1 aliphatic heterocycles. The zero-order valence-corrected chi connectivity index (χ0v) is 5.64. The molecule has 0 bridgehead atoms. The van der Waals surface area contributed by atoms with Gasteiger partial charge in [-0.2, -0.15) is 0 Å². The third-order valence-electron chi connectivity index (χ3n) is 0.444. The molecule has 0 aromatic heterocycles. The molecule has 0 aliphatic carbocycles. The first kappa shape index (κ1) is 4.09. The first-order chi connectivity index (χ1) is 2.21. The minimum atomic E-state index is 0.125. The van der Waals surface area contributed by atoms with Crippen molar-refractivity contribution in [2.75, 3.05) is 6.54 Å². The van der Waals surface area contributed by atoms with E-state index in [-0.39, 0.29) is 3.36 Å². The molecule has 0 saturated carbocycles. The lowest BCUT2D eigenvalue weighted by Crippen LogP contribution is -1.85. The molecule has 0 aromatic rings. The summed E-state index contributed by atoms with van der Waals surface area (Å²) in [6.45, 7) is 1.03. The maximum absolute atomic E-state index is 3.29. The Labute approximate surface area is 47.4 Å². The van der Waals surface area contributed by atoms with Crippen LogP contribution in [0, 0.1) is 0 Å². The highest BCUT2D eigenvalue weighted by atomic mass is 79.9. The van der Waals surface area contributed by atoms with E-state index in [0.717, 1.165) is 6.54 Å². The van der Waals surface area contributed by atoms with Gasteiger partial charge < -0.3 is 0 Å². The van der Waals surface area contributed by atoms with Gasteiger partial charge in [-0.3, -0.25) is 5.32 Å². The van der Waals surface area contributed by atoms with E-state index in [0.29, 0.717) is 0 Å². The van der Waals surface area contributed by atoms with Crippen LogP contribution < -0.4 is 5.32 Å². The Morgan fingerprint density at radius 1 is 1.60 bits per heavy atom. The zero-order chi connectivity index (χ0) is 3.91. The van der Waals surface area contributed by atoms with E-state index >= 15 is 0 Å². The molecule has 0 unspecified atom stereocenters. The molecule has 1 rings (SSSR count). The molecule has 1 nitrogen and oxygen atoms in total. The van der Waals surface area contributed by atoms with Crippen molar-refractivity contribution in [2.45, 2.75) is 3.36 Å². The van der Waals surface area contributed by atoms with Gasteiger partial charge in [-0.25, -0.2) is 0 Å². The predicted octanol–water partition coefficient (Wildman–Crippen LogP) is 1.03. The van der Waals surface area contributed by atoms with Gasteiger partial charge in [0.2, 0.25) is 0 Å². The summed E-state index contributed by atoms with van der Waals surface area (Å²) in [6, 6.07) is 0. The van der Waals surface area contributed by atoms with E-state index in [1.165, 1.54) is 0 Å². The molecule has 0 atom stereocenters. The summed E-state index contributed by atoms with van der Waals surface area (Å²) in [6.07, 6.45) is 0. The predicted molar refractivity (Wildman–Crippen MR) is 28.6 cm³/mol. The normalized spacial score (nSPS) is 30.0. The fraction of sp³-hybridized carbons (Fsp3) is 1.00. The Bertz CT molecular complexity index is 45.6. The fourth-order valence-corrected chi connectivity index (χ4v) is 0.347. The van der Waals surface area contributed by atoms with Gasteiger partial charge in [-0.1, -0.05) is 31.9 Å². The lowest BCUT2D eigenvalue weighted by atomic mass is 11.0. The molecular weight excluding hydrogens is 198 g/mol. The lowest BCUT2D eigenvalue weighted by molar-refractivity contribution is 1.29. The minimum Gasteiger partial charge on any atom is -0.289 e. The van der Waals surface area contributed by atoms with Crippen LogP contribution in [-0.2, 0) is 0 Å². The SMILES string of the molecule is BrC1(Br)CN1. The molecule has 30 valence electrons. The third-order valence-corrected chi connectivity index (χ3v) is 1.57. The Kier molecular flexibility index (Phi) is 0.777. The summed E-state index contributed by atoms with van der Waals surface area (Å²) in [7, 11) is 0. The zero-order valence-electron chi connectivity index (χ0n) is 2.46. The number of hydrogen-bond donors (Lipinski definition) is 1. The number of alkyl halides is 2. The van der Waals surface area contributed by atoms with Crippen LogP contribution in [0.15, 0.2) is 0 Å². The van der Waals surface area contributed by atoms with Crippen LogP contribution in [0.25, 0.3) is 0 Å². The smallest absolute Gasteiger partial charge is 0.143 e. The second-order valence-corrected chi connectivity index (χ2v) is 4.83. The van der Waals surface area contributed by atoms with Gasteiger partial charge in [0, 0.05) is 6.54 Å². The van der Waals surface area contributed by atoms with Crippen LogP contribution in [0.1, 0.15) is 0 Å². The van der Waals surface area contributed by atoms with Crippen molar-refractivity contribution >= 4 is 31.9 Å². The average Bonchev–Trinajstić information content (AvgIpc) is 1.76. The van der Waals surface area contributed by atoms with Crippen molar-refractivity contribution in [2.24, 2.45) is 0 Å². The number of rotatable bonds is 0. The maximum Gasteiger partial charge on any atom is 0.143 e. The van der Waals surface area contributed by atoms with Gasteiger partial charge in [0.1, 0.15) is 3.36 Å². The Hall–Kier alpha value is 0.920. The molecule has 1 heterocycles. The van der Waals surface area contributed by atoms with Gasteiger partial charge >= 0.3 is 0 Å². The molecule has 1 N–H and O–H groups in total. The maximum atomic E-state index is 3.29.